The van der Waals surface area contributed by atoms with Gasteiger partial charge < -0.3 is 15.7 Å². The van der Waals surface area contributed by atoms with Crippen LogP contribution in [-0.4, -0.2) is 40.4 Å². The van der Waals surface area contributed by atoms with Crippen molar-refractivity contribution >= 4 is 17.6 Å². The monoisotopic (exact) mass is 295 g/mol. The summed E-state index contributed by atoms with van der Waals surface area (Å²) in [6, 6.07) is 4.01. The molecule has 1 unspecified atom stereocenters. The highest BCUT2D eigenvalue weighted by Gasteiger charge is 2.19. The van der Waals surface area contributed by atoms with Gasteiger partial charge in [0.2, 0.25) is 5.91 Å². The van der Waals surface area contributed by atoms with E-state index in [9.17, 15) is 19.7 Å². The number of nitrogens with two attached hydrogens (primary N) is 1. The van der Waals surface area contributed by atoms with Crippen LogP contribution in [0.25, 0.3) is 0 Å². The number of carbonyl (C=O) groups is 2. The minimum atomic E-state index is -0.930. The number of amides is 1. The van der Waals surface area contributed by atoms with Gasteiger partial charge in [-0.1, -0.05) is 13.0 Å². The molecule has 0 saturated heterocycles. The quantitative estimate of drug-likeness (QED) is 0.567. The number of benzene rings is 1. The molecule has 0 aliphatic carbocycles. The Morgan fingerprint density at radius 2 is 2.10 bits per heavy atom. The summed E-state index contributed by atoms with van der Waals surface area (Å²) >= 11 is 0. The average molecular weight is 295 g/mol. The fourth-order valence-electron chi connectivity index (χ4n) is 1.92. The van der Waals surface area contributed by atoms with Gasteiger partial charge in [0.1, 0.15) is 0 Å². The van der Waals surface area contributed by atoms with E-state index in [1.165, 1.54) is 12.1 Å². The van der Waals surface area contributed by atoms with Crippen LogP contribution in [0.15, 0.2) is 18.2 Å². The predicted octanol–water partition coefficient (Wildman–Crippen LogP) is 0.846. The molecular formula is C13H17N3O5. The first-order valence-electron chi connectivity index (χ1n) is 6.20. The Balaban J connectivity index is 2.94. The summed E-state index contributed by atoms with van der Waals surface area (Å²) in [5, 5.41) is 19.9. The number of rotatable bonds is 7. The zero-order chi connectivity index (χ0) is 16.2. The lowest BCUT2D eigenvalue weighted by Gasteiger charge is -2.19. The highest BCUT2D eigenvalue weighted by Crippen LogP contribution is 2.22. The van der Waals surface area contributed by atoms with E-state index in [0.717, 1.165) is 6.07 Å². The number of nitro benzene ring substituents is 1. The molecule has 8 heteroatoms. The number of hydrogen-bond acceptors (Lipinski definition) is 5. The summed E-state index contributed by atoms with van der Waals surface area (Å²) in [7, 11) is 1.67. The highest BCUT2D eigenvalue weighted by atomic mass is 16.6. The topological polar surface area (TPSA) is 127 Å². The normalized spacial score (nSPS) is 12.1. The van der Waals surface area contributed by atoms with E-state index in [4.69, 9.17) is 10.8 Å². The third-order valence-corrected chi connectivity index (χ3v) is 3.01. The standard InChI is InChI=1S/C13H17N3O5/c1-8(13(18)19)6-15(2)7-10-4-3-9(12(14)17)5-11(10)16(20)21/h3-5,8H,6-7H2,1-2H3,(H2,14,17)(H,18,19). The summed E-state index contributed by atoms with van der Waals surface area (Å²) in [5.41, 5.74) is 5.34. The van der Waals surface area contributed by atoms with Crippen molar-refractivity contribution in [1.29, 1.82) is 0 Å². The number of nitro groups is 1. The SMILES string of the molecule is CC(CN(C)Cc1ccc(C(N)=O)cc1[N+](=O)[O-])C(=O)O. The Bertz CT molecular complexity index is 573. The van der Waals surface area contributed by atoms with E-state index < -0.39 is 22.7 Å². The largest absolute Gasteiger partial charge is 0.481 e. The van der Waals surface area contributed by atoms with Crippen molar-refractivity contribution in [3.8, 4) is 0 Å². The molecule has 1 atom stereocenters. The van der Waals surface area contributed by atoms with Crippen LogP contribution >= 0.6 is 0 Å². The van der Waals surface area contributed by atoms with Crippen LogP contribution in [0.4, 0.5) is 5.69 Å². The van der Waals surface area contributed by atoms with Crippen LogP contribution in [-0.2, 0) is 11.3 Å². The molecule has 0 heterocycles. The maximum absolute atomic E-state index is 11.1. The second-order valence-corrected chi connectivity index (χ2v) is 4.90. The first kappa shape index (κ1) is 16.6. The van der Waals surface area contributed by atoms with Gasteiger partial charge in [0, 0.05) is 30.3 Å². The molecule has 0 aliphatic rings. The van der Waals surface area contributed by atoms with Gasteiger partial charge in [-0.05, 0) is 13.1 Å². The number of nitrogens with zero attached hydrogens (tertiary/aromatic N) is 2. The molecule has 1 amide bonds. The minimum absolute atomic E-state index is 0.0620. The fourth-order valence-corrected chi connectivity index (χ4v) is 1.92. The predicted molar refractivity (Wildman–Crippen MR) is 74.7 cm³/mol. The third kappa shape index (κ3) is 4.53. The van der Waals surface area contributed by atoms with E-state index >= 15 is 0 Å². The molecule has 21 heavy (non-hydrogen) atoms. The Labute approximate surface area is 121 Å². The maximum Gasteiger partial charge on any atom is 0.307 e. The molecule has 1 aromatic rings. The summed E-state index contributed by atoms with van der Waals surface area (Å²) in [6.07, 6.45) is 0. The minimum Gasteiger partial charge on any atom is -0.481 e. The van der Waals surface area contributed by atoms with E-state index in [1.54, 1.807) is 18.9 Å². The van der Waals surface area contributed by atoms with Crippen molar-refractivity contribution in [3.63, 3.8) is 0 Å². The lowest BCUT2D eigenvalue weighted by Crippen LogP contribution is -2.28. The molecule has 1 aromatic carbocycles. The second kappa shape index (κ2) is 6.80. The lowest BCUT2D eigenvalue weighted by molar-refractivity contribution is -0.385. The molecule has 0 spiro atoms. The number of aliphatic carboxylic acids is 1. The van der Waals surface area contributed by atoms with Crippen molar-refractivity contribution in [2.24, 2.45) is 11.7 Å². The van der Waals surface area contributed by atoms with Crippen molar-refractivity contribution in [2.45, 2.75) is 13.5 Å². The van der Waals surface area contributed by atoms with Crippen LogP contribution in [0.3, 0.4) is 0 Å². The molecule has 3 N–H and O–H groups in total. The van der Waals surface area contributed by atoms with Crippen LogP contribution in [0, 0.1) is 16.0 Å². The summed E-state index contributed by atoms with van der Waals surface area (Å²) in [4.78, 5) is 34.0. The lowest BCUT2D eigenvalue weighted by atomic mass is 10.1. The highest BCUT2D eigenvalue weighted by molar-refractivity contribution is 5.93. The summed E-state index contributed by atoms with van der Waals surface area (Å²) in [5.74, 6) is -2.25. The van der Waals surface area contributed by atoms with Crippen molar-refractivity contribution in [3.05, 3.63) is 39.4 Å². The van der Waals surface area contributed by atoms with Gasteiger partial charge in [-0.25, -0.2) is 0 Å². The number of carboxylic acids is 1. The van der Waals surface area contributed by atoms with Gasteiger partial charge in [0.05, 0.1) is 10.8 Å². The van der Waals surface area contributed by atoms with Crippen LogP contribution < -0.4 is 5.73 Å². The molecular weight excluding hydrogens is 278 g/mol. The van der Waals surface area contributed by atoms with Crippen molar-refractivity contribution in [1.82, 2.24) is 4.90 Å². The molecule has 0 radical (unpaired) electrons. The van der Waals surface area contributed by atoms with Crippen LogP contribution in [0.5, 0.6) is 0 Å². The van der Waals surface area contributed by atoms with Gasteiger partial charge in [-0.3, -0.25) is 19.7 Å². The van der Waals surface area contributed by atoms with Crippen molar-refractivity contribution < 1.29 is 19.6 Å². The first-order chi connectivity index (χ1) is 9.72. The molecule has 114 valence electrons. The zero-order valence-corrected chi connectivity index (χ0v) is 11.8. The van der Waals surface area contributed by atoms with Gasteiger partial charge >= 0.3 is 5.97 Å². The van der Waals surface area contributed by atoms with Gasteiger partial charge in [-0.2, -0.15) is 0 Å². The van der Waals surface area contributed by atoms with Gasteiger partial charge in [-0.15, -0.1) is 0 Å². The zero-order valence-electron chi connectivity index (χ0n) is 11.8. The molecule has 0 fully saturated rings. The molecule has 0 saturated carbocycles. The summed E-state index contributed by atoms with van der Waals surface area (Å²) < 4.78 is 0. The smallest absolute Gasteiger partial charge is 0.307 e. The average Bonchev–Trinajstić information content (AvgIpc) is 2.38. The molecule has 0 aromatic heterocycles. The fraction of sp³-hybridized carbons (Fsp3) is 0.385. The Morgan fingerprint density at radius 3 is 2.57 bits per heavy atom. The number of carbonyl (C=O) groups excluding carboxylic acids is 1. The van der Waals surface area contributed by atoms with Crippen LogP contribution in [0.1, 0.15) is 22.8 Å². The van der Waals surface area contributed by atoms with E-state index in [1.807, 2.05) is 0 Å². The van der Waals surface area contributed by atoms with Gasteiger partial charge in [0.15, 0.2) is 0 Å². The Kier molecular flexibility index (Phi) is 5.37. The first-order valence-corrected chi connectivity index (χ1v) is 6.20. The molecule has 0 aliphatic heterocycles. The Hall–Kier alpha value is -2.48. The van der Waals surface area contributed by atoms with Crippen LogP contribution in [0.2, 0.25) is 0 Å². The number of primary amides is 1. The number of carboxylic acid groups (broad SMARTS) is 1. The van der Waals surface area contributed by atoms with E-state index in [-0.39, 0.29) is 24.3 Å². The molecule has 1 rings (SSSR count). The molecule has 8 nitrogen and oxygen atoms in total. The van der Waals surface area contributed by atoms with Gasteiger partial charge in [0.25, 0.3) is 5.69 Å². The third-order valence-electron chi connectivity index (χ3n) is 3.01. The molecule has 0 bridgehead atoms. The number of hydrogen-bond donors (Lipinski definition) is 2. The van der Waals surface area contributed by atoms with E-state index in [0.29, 0.717) is 5.56 Å². The summed E-state index contributed by atoms with van der Waals surface area (Å²) in [6.45, 7) is 2.01. The second-order valence-electron chi connectivity index (χ2n) is 4.90. The Morgan fingerprint density at radius 1 is 1.48 bits per heavy atom. The maximum atomic E-state index is 11.1. The van der Waals surface area contributed by atoms with E-state index in [2.05, 4.69) is 0 Å². The van der Waals surface area contributed by atoms with Crippen molar-refractivity contribution in [2.75, 3.05) is 13.6 Å².